The van der Waals surface area contributed by atoms with Gasteiger partial charge in [0.05, 0.1) is 0 Å². The van der Waals surface area contributed by atoms with Crippen molar-refractivity contribution in [3.05, 3.63) is 29.3 Å². The molecule has 0 saturated carbocycles. The summed E-state index contributed by atoms with van der Waals surface area (Å²) in [7, 11) is 0. The Bertz CT molecular complexity index is 363. The smallest absolute Gasteiger partial charge is 0.215 e. The van der Waals surface area contributed by atoms with Crippen molar-refractivity contribution in [3.8, 4) is 0 Å². The predicted molar refractivity (Wildman–Crippen MR) is 47.9 cm³/mol. The lowest BCUT2D eigenvalue weighted by molar-refractivity contribution is -0.141. The van der Waals surface area contributed by atoms with Crippen molar-refractivity contribution in [2.45, 2.75) is 32.4 Å². The van der Waals surface area contributed by atoms with E-state index in [1.165, 1.54) is 0 Å². The van der Waals surface area contributed by atoms with Gasteiger partial charge < -0.3 is 0 Å². The van der Waals surface area contributed by atoms with Gasteiger partial charge in [-0.2, -0.15) is 17.6 Å². The molecule has 0 aromatic carbocycles. The summed E-state index contributed by atoms with van der Waals surface area (Å²) in [5, 5.41) is 0. The minimum Gasteiger partial charge on any atom is -0.215 e. The Morgan fingerprint density at radius 3 is 1.93 bits per heavy atom. The first-order valence-electron chi connectivity index (χ1n) is 4.36. The van der Waals surface area contributed by atoms with Crippen LogP contribution in [-0.2, 0) is 11.6 Å². The van der Waals surface area contributed by atoms with Crippen LogP contribution in [0, 0.1) is 5.95 Å². The van der Waals surface area contributed by atoms with E-state index in [0.717, 1.165) is 12.1 Å². The Labute approximate surface area is 85.1 Å². The molecule has 5 heteroatoms. The molecule has 1 heterocycles. The fourth-order valence-electron chi connectivity index (χ4n) is 1.15. The molecule has 1 aromatic heterocycles. The average Bonchev–Trinajstić information content (AvgIpc) is 1.99. The third-order valence-electron chi connectivity index (χ3n) is 1.95. The van der Waals surface area contributed by atoms with Crippen LogP contribution < -0.4 is 0 Å². The molecule has 0 spiro atoms. The monoisotopic (exact) mass is 221 g/mol. The molecule has 0 aliphatic carbocycles. The van der Waals surface area contributed by atoms with Gasteiger partial charge in [0.15, 0.2) is 0 Å². The third kappa shape index (κ3) is 2.67. The normalized spacial score (nSPS) is 13.0. The number of nitrogens with zero attached hydrogens (tertiary/aromatic N) is 1. The quantitative estimate of drug-likeness (QED) is 0.482. The van der Waals surface area contributed by atoms with Crippen LogP contribution in [0.5, 0.6) is 0 Å². The highest BCUT2D eigenvalue weighted by molar-refractivity contribution is 5.23. The van der Waals surface area contributed by atoms with Crippen molar-refractivity contribution < 1.29 is 17.6 Å². The highest BCUT2D eigenvalue weighted by Gasteiger charge is 2.34. The fraction of sp³-hybridized carbons (Fsp3) is 0.500. The summed E-state index contributed by atoms with van der Waals surface area (Å²) < 4.78 is 49.8. The second-order valence-electron chi connectivity index (χ2n) is 4.28. The molecule has 84 valence electrons. The van der Waals surface area contributed by atoms with Gasteiger partial charge in [-0.05, 0) is 11.5 Å². The van der Waals surface area contributed by atoms with Crippen LogP contribution in [0.15, 0.2) is 12.1 Å². The lowest BCUT2D eigenvalue weighted by Gasteiger charge is -2.19. The summed E-state index contributed by atoms with van der Waals surface area (Å²) in [4.78, 5) is 2.92. The SMILES string of the molecule is CC(C)(C)c1ccc(C(F)(F)F)nc1F. The summed E-state index contributed by atoms with van der Waals surface area (Å²) in [6, 6.07) is 1.93. The van der Waals surface area contributed by atoms with Crippen molar-refractivity contribution in [2.75, 3.05) is 0 Å². The molecular weight excluding hydrogens is 210 g/mol. The van der Waals surface area contributed by atoms with E-state index in [1.54, 1.807) is 20.8 Å². The van der Waals surface area contributed by atoms with Crippen LogP contribution in [0.3, 0.4) is 0 Å². The number of hydrogen-bond acceptors (Lipinski definition) is 1. The van der Waals surface area contributed by atoms with Gasteiger partial charge in [-0.1, -0.05) is 26.8 Å². The van der Waals surface area contributed by atoms with Crippen LogP contribution in [0.2, 0.25) is 0 Å². The second-order valence-corrected chi connectivity index (χ2v) is 4.28. The molecule has 0 amide bonds. The molecule has 0 N–H and O–H groups in total. The molecule has 0 aliphatic heterocycles. The Balaban J connectivity index is 3.21. The van der Waals surface area contributed by atoms with Gasteiger partial charge in [0.1, 0.15) is 5.69 Å². The highest BCUT2D eigenvalue weighted by atomic mass is 19.4. The van der Waals surface area contributed by atoms with E-state index in [1.807, 2.05) is 0 Å². The minimum absolute atomic E-state index is 0.176. The van der Waals surface area contributed by atoms with Crippen LogP contribution in [0.25, 0.3) is 0 Å². The van der Waals surface area contributed by atoms with Crippen molar-refractivity contribution in [2.24, 2.45) is 0 Å². The topological polar surface area (TPSA) is 12.9 Å². The molecular formula is C10H11F4N. The van der Waals surface area contributed by atoms with E-state index in [4.69, 9.17) is 0 Å². The van der Waals surface area contributed by atoms with Gasteiger partial charge in [0.25, 0.3) is 0 Å². The van der Waals surface area contributed by atoms with E-state index < -0.39 is 23.2 Å². The summed E-state index contributed by atoms with van der Waals surface area (Å²) in [6.07, 6.45) is -4.60. The van der Waals surface area contributed by atoms with E-state index in [-0.39, 0.29) is 5.56 Å². The summed E-state index contributed by atoms with van der Waals surface area (Å²) in [5.74, 6) is -1.06. The molecule has 0 radical (unpaired) electrons. The molecule has 1 rings (SSSR count). The first kappa shape index (κ1) is 11.9. The highest BCUT2D eigenvalue weighted by Crippen LogP contribution is 2.30. The lowest BCUT2D eigenvalue weighted by atomic mass is 9.88. The largest absolute Gasteiger partial charge is 0.433 e. The van der Waals surface area contributed by atoms with Crippen molar-refractivity contribution in [1.82, 2.24) is 4.98 Å². The number of halogens is 4. The first-order valence-corrected chi connectivity index (χ1v) is 4.36. The van der Waals surface area contributed by atoms with Gasteiger partial charge in [-0.3, -0.25) is 0 Å². The maximum absolute atomic E-state index is 13.3. The summed E-state index contributed by atoms with van der Waals surface area (Å²) >= 11 is 0. The van der Waals surface area contributed by atoms with E-state index in [9.17, 15) is 17.6 Å². The molecule has 15 heavy (non-hydrogen) atoms. The number of hydrogen-bond donors (Lipinski definition) is 0. The van der Waals surface area contributed by atoms with Gasteiger partial charge in [-0.25, -0.2) is 4.98 Å². The Morgan fingerprint density at radius 1 is 1.07 bits per heavy atom. The lowest BCUT2D eigenvalue weighted by Crippen LogP contribution is -2.17. The zero-order valence-electron chi connectivity index (χ0n) is 8.61. The first-order chi connectivity index (χ1) is 6.62. The predicted octanol–water partition coefficient (Wildman–Crippen LogP) is 3.54. The molecule has 0 saturated heterocycles. The van der Waals surface area contributed by atoms with Gasteiger partial charge in [0, 0.05) is 5.56 Å². The minimum atomic E-state index is -4.60. The fourth-order valence-corrected chi connectivity index (χ4v) is 1.15. The third-order valence-corrected chi connectivity index (χ3v) is 1.95. The average molecular weight is 221 g/mol. The summed E-state index contributed by atoms with van der Waals surface area (Å²) in [5.41, 5.74) is -1.58. The summed E-state index contributed by atoms with van der Waals surface area (Å²) in [6.45, 7) is 5.13. The van der Waals surface area contributed by atoms with Gasteiger partial charge in [-0.15, -0.1) is 0 Å². The van der Waals surface area contributed by atoms with Crippen LogP contribution in [0.1, 0.15) is 32.0 Å². The van der Waals surface area contributed by atoms with E-state index >= 15 is 0 Å². The molecule has 0 fully saturated rings. The Hall–Kier alpha value is -1.13. The second kappa shape index (κ2) is 3.47. The van der Waals surface area contributed by atoms with Crippen LogP contribution in [-0.4, -0.2) is 4.98 Å². The Morgan fingerprint density at radius 2 is 1.60 bits per heavy atom. The number of alkyl halides is 3. The van der Waals surface area contributed by atoms with Crippen molar-refractivity contribution in [3.63, 3.8) is 0 Å². The molecule has 0 unspecified atom stereocenters. The standard InChI is InChI=1S/C10H11F4N/c1-9(2,3)6-4-5-7(10(12,13)14)15-8(6)11/h4-5H,1-3H3. The maximum Gasteiger partial charge on any atom is 0.433 e. The number of rotatable bonds is 0. The Kier molecular flexibility index (Phi) is 2.76. The molecule has 0 aliphatic rings. The maximum atomic E-state index is 13.3. The van der Waals surface area contributed by atoms with Gasteiger partial charge >= 0.3 is 6.18 Å². The molecule has 0 bridgehead atoms. The molecule has 0 atom stereocenters. The van der Waals surface area contributed by atoms with Crippen molar-refractivity contribution in [1.29, 1.82) is 0 Å². The molecule has 1 nitrogen and oxygen atoms in total. The van der Waals surface area contributed by atoms with E-state index in [0.29, 0.717) is 0 Å². The molecule has 1 aromatic rings. The number of aromatic nitrogens is 1. The van der Waals surface area contributed by atoms with Gasteiger partial charge in [0.2, 0.25) is 5.95 Å². The zero-order valence-corrected chi connectivity index (χ0v) is 8.61. The van der Waals surface area contributed by atoms with Crippen LogP contribution >= 0.6 is 0 Å². The van der Waals surface area contributed by atoms with Crippen LogP contribution in [0.4, 0.5) is 17.6 Å². The zero-order chi connectivity index (χ0) is 11.9. The van der Waals surface area contributed by atoms with E-state index in [2.05, 4.69) is 4.98 Å². The number of pyridine rings is 1. The van der Waals surface area contributed by atoms with Crippen molar-refractivity contribution >= 4 is 0 Å².